The van der Waals surface area contributed by atoms with Gasteiger partial charge in [0.15, 0.2) is 0 Å². The Balaban J connectivity index is 1.26. The lowest BCUT2D eigenvalue weighted by Crippen LogP contribution is -2.46. The molecule has 7 heteroatoms. The molecule has 2 heterocycles. The van der Waals surface area contributed by atoms with E-state index < -0.39 is 11.8 Å². The highest BCUT2D eigenvalue weighted by atomic mass is 19.3. The van der Waals surface area contributed by atoms with Gasteiger partial charge in [-0.2, -0.15) is 0 Å². The fourth-order valence-electron chi connectivity index (χ4n) is 4.31. The fraction of sp³-hybridized carbons (Fsp3) is 0.882. The smallest absolute Gasteiger partial charge is 0.249 e. The molecule has 4 rings (SSSR count). The minimum absolute atomic E-state index is 0.0537. The molecule has 0 aromatic rings. The van der Waals surface area contributed by atoms with E-state index in [0.717, 1.165) is 6.42 Å². The summed E-state index contributed by atoms with van der Waals surface area (Å²) < 4.78 is 31.5. The van der Waals surface area contributed by atoms with Crippen molar-refractivity contribution in [2.75, 3.05) is 26.2 Å². The van der Waals surface area contributed by atoms with E-state index in [2.05, 4.69) is 12.2 Å². The zero-order chi connectivity index (χ0) is 17.1. The van der Waals surface area contributed by atoms with Crippen LogP contribution in [0.2, 0.25) is 0 Å². The first kappa shape index (κ1) is 16.2. The van der Waals surface area contributed by atoms with Crippen molar-refractivity contribution in [3.63, 3.8) is 0 Å². The number of rotatable bonds is 4. The maximum atomic E-state index is 12.8. The summed E-state index contributed by atoms with van der Waals surface area (Å²) in [5, 5.41) is 2.81. The first-order valence-corrected chi connectivity index (χ1v) is 8.90. The number of carbonyl (C=O) groups is 2. The van der Waals surface area contributed by atoms with Crippen LogP contribution >= 0.6 is 0 Å². The van der Waals surface area contributed by atoms with E-state index in [1.807, 2.05) is 4.90 Å². The number of hydrogen-bond donors (Lipinski definition) is 1. The standard InChI is InChI=1S/C17H24F2N2O3/c1-9-2-12(9)16(23)21-6-13-11(8-24-14(13)7-21)5-20-15(22)10-3-17(18,19)4-10/h9-14H,2-8H2,1H3,(H,20,22)/t9-,11+,12+,13-,14-/m1/s1. The van der Waals surface area contributed by atoms with Crippen molar-refractivity contribution in [2.24, 2.45) is 29.6 Å². The van der Waals surface area contributed by atoms with Crippen molar-refractivity contribution in [1.29, 1.82) is 0 Å². The van der Waals surface area contributed by atoms with Gasteiger partial charge in [0, 0.05) is 56.1 Å². The maximum Gasteiger partial charge on any atom is 0.249 e. The second kappa shape index (κ2) is 5.64. The summed E-state index contributed by atoms with van der Waals surface area (Å²) in [6.45, 7) is 4.45. The lowest BCUT2D eigenvalue weighted by Gasteiger charge is -2.34. The van der Waals surface area contributed by atoms with E-state index in [-0.39, 0.29) is 48.5 Å². The van der Waals surface area contributed by atoms with Gasteiger partial charge in [-0.25, -0.2) is 8.78 Å². The summed E-state index contributed by atoms with van der Waals surface area (Å²) in [5.74, 6) is -2.19. The third kappa shape index (κ3) is 2.91. The van der Waals surface area contributed by atoms with Crippen molar-refractivity contribution in [3.8, 4) is 0 Å². The number of alkyl halides is 2. The normalized spacial score (nSPS) is 40.1. The SMILES string of the molecule is C[C@@H]1C[C@@H]1C(=O)N1C[C@@H]2[C@@H](CNC(=O)C3CC(F)(F)C3)CO[C@@H]2C1. The van der Waals surface area contributed by atoms with Gasteiger partial charge in [-0.3, -0.25) is 9.59 Å². The van der Waals surface area contributed by atoms with E-state index in [4.69, 9.17) is 4.74 Å². The Kier molecular flexibility index (Phi) is 3.82. The van der Waals surface area contributed by atoms with Gasteiger partial charge in [-0.1, -0.05) is 6.92 Å². The number of ether oxygens (including phenoxy) is 1. The number of nitrogens with zero attached hydrogens (tertiary/aromatic N) is 1. The second-order valence-electron chi connectivity index (χ2n) is 8.06. The molecule has 2 saturated carbocycles. The molecule has 0 aromatic carbocycles. The van der Waals surface area contributed by atoms with Crippen molar-refractivity contribution < 1.29 is 23.1 Å². The summed E-state index contributed by atoms with van der Waals surface area (Å²) in [4.78, 5) is 26.2. The first-order valence-electron chi connectivity index (χ1n) is 8.90. The van der Waals surface area contributed by atoms with Gasteiger partial charge < -0.3 is 15.0 Å². The highest BCUT2D eigenvalue weighted by Crippen LogP contribution is 2.43. The average molecular weight is 342 g/mol. The molecule has 24 heavy (non-hydrogen) atoms. The number of amides is 2. The highest BCUT2D eigenvalue weighted by molar-refractivity contribution is 5.82. The van der Waals surface area contributed by atoms with Crippen molar-refractivity contribution in [3.05, 3.63) is 0 Å². The number of fused-ring (bicyclic) bond motifs is 1. The molecule has 0 unspecified atom stereocenters. The molecule has 0 radical (unpaired) electrons. The lowest BCUT2D eigenvalue weighted by molar-refractivity contribution is -0.150. The number of likely N-dealkylation sites (tertiary alicyclic amines) is 1. The average Bonchev–Trinajstić information content (AvgIpc) is 2.93. The van der Waals surface area contributed by atoms with Crippen LogP contribution in [0.15, 0.2) is 0 Å². The molecule has 2 amide bonds. The van der Waals surface area contributed by atoms with Crippen LogP contribution in [0.5, 0.6) is 0 Å². The van der Waals surface area contributed by atoms with Gasteiger partial charge in [0.25, 0.3) is 0 Å². The number of nitrogens with one attached hydrogen (secondary N) is 1. The van der Waals surface area contributed by atoms with E-state index in [0.29, 0.717) is 32.2 Å². The Morgan fingerprint density at radius 2 is 2.00 bits per heavy atom. The van der Waals surface area contributed by atoms with E-state index in [1.54, 1.807) is 0 Å². The van der Waals surface area contributed by atoms with E-state index in [1.165, 1.54) is 0 Å². The first-order chi connectivity index (χ1) is 11.3. The molecular weight excluding hydrogens is 318 g/mol. The van der Waals surface area contributed by atoms with Gasteiger partial charge in [0.05, 0.1) is 12.7 Å². The molecule has 0 spiro atoms. The molecule has 4 fully saturated rings. The monoisotopic (exact) mass is 342 g/mol. The van der Waals surface area contributed by atoms with E-state index >= 15 is 0 Å². The highest BCUT2D eigenvalue weighted by Gasteiger charge is 2.51. The van der Waals surface area contributed by atoms with Crippen LogP contribution in [0.3, 0.4) is 0 Å². The van der Waals surface area contributed by atoms with Crippen LogP contribution in [0.25, 0.3) is 0 Å². The predicted octanol–water partition coefficient (Wildman–Crippen LogP) is 1.28. The lowest BCUT2D eigenvalue weighted by atomic mass is 9.80. The topological polar surface area (TPSA) is 58.6 Å². The summed E-state index contributed by atoms with van der Waals surface area (Å²) in [6, 6.07) is 0. The zero-order valence-electron chi connectivity index (χ0n) is 13.8. The molecule has 4 aliphatic rings. The molecule has 0 bridgehead atoms. The summed E-state index contributed by atoms with van der Waals surface area (Å²) in [7, 11) is 0. The third-order valence-corrected chi connectivity index (χ3v) is 6.18. The molecule has 5 nitrogen and oxygen atoms in total. The van der Waals surface area contributed by atoms with Gasteiger partial charge >= 0.3 is 0 Å². The molecule has 1 N–H and O–H groups in total. The molecule has 5 atom stereocenters. The van der Waals surface area contributed by atoms with Crippen LogP contribution in [-0.4, -0.2) is 55.0 Å². The minimum atomic E-state index is -2.67. The Bertz CT molecular complexity index is 548. The molecule has 0 aromatic heterocycles. The zero-order valence-corrected chi connectivity index (χ0v) is 13.8. The largest absolute Gasteiger partial charge is 0.376 e. The van der Waals surface area contributed by atoms with Crippen LogP contribution < -0.4 is 5.32 Å². The molecular formula is C17H24F2N2O3. The van der Waals surface area contributed by atoms with Crippen LogP contribution in [0.4, 0.5) is 8.78 Å². The molecule has 2 saturated heterocycles. The van der Waals surface area contributed by atoms with Gasteiger partial charge in [-0.05, 0) is 12.3 Å². The van der Waals surface area contributed by atoms with Crippen molar-refractivity contribution >= 4 is 11.8 Å². The molecule has 2 aliphatic heterocycles. The van der Waals surface area contributed by atoms with Gasteiger partial charge in [0.2, 0.25) is 17.7 Å². The van der Waals surface area contributed by atoms with Crippen LogP contribution in [-0.2, 0) is 14.3 Å². The summed E-state index contributed by atoms with van der Waals surface area (Å²) in [6.07, 6.45) is 0.358. The maximum absolute atomic E-state index is 12.8. The van der Waals surface area contributed by atoms with E-state index in [9.17, 15) is 18.4 Å². The summed E-state index contributed by atoms with van der Waals surface area (Å²) in [5.41, 5.74) is 0. The second-order valence-corrected chi connectivity index (χ2v) is 8.06. The number of carbonyl (C=O) groups excluding carboxylic acids is 2. The van der Waals surface area contributed by atoms with Crippen LogP contribution in [0.1, 0.15) is 26.2 Å². The third-order valence-electron chi connectivity index (χ3n) is 6.18. The quantitative estimate of drug-likeness (QED) is 0.837. The Labute approximate surface area is 140 Å². The summed E-state index contributed by atoms with van der Waals surface area (Å²) >= 11 is 0. The molecule has 2 aliphatic carbocycles. The van der Waals surface area contributed by atoms with Crippen LogP contribution in [0, 0.1) is 29.6 Å². The van der Waals surface area contributed by atoms with Crippen molar-refractivity contribution in [1.82, 2.24) is 10.2 Å². The van der Waals surface area contributed by atoms with Gasteiger partial charge in [0.1, 0.15) is 0 Å². The minimum Gasteiger partial charge on any atom is -0.376 e. The Hall–Kier alpha value is -1.24. The van der Waals surface area contributed by atoms with Crippen molar-refractivity contribution in [2.45, 2.75) is 38.2 Å². The number of halogens is 2. The number of hydrogen-bond acceptors (Lipinski definition) is 3. The fourth-order valence-corrected chi connectivity index (χ4v) is 4.31. The van der Waals surface area contributed by atoms with Gasteiger partial charge in [-0.15, -0.1) is 0 Å². The Morgan fingerprint density at radius 3 is 2.62 bits per heavy atom. The molecule has 134 valence electrons. The Morgan fingerprint density at radius 1 is 1.29 bits per heavy atom. The predicted molar refractivity (Wildman–Crippen MR) is 81.3 cm³/mol.